The van der Waals surface area contributed by atoms with Crippen LogP contribution >= 0.6 is 0 Å². The fourth-order valence-electron chi connectivity index (χ4n) is 6.75. The Morgan fingerprint density at radius 2 is 0.661 bits per heavy atom. The van der Waals surface area contributed by atoms with E-state index in [4.69, 9.17) is 14.2 Å². The maximum absolute atomic E-state index is 12.8. The van der Waals surface area contributed by atoms with E-state index in [1.165, 1.54) is 83.5 Å². The van der Waals surface area contributed by atoms with Crippen LogP contribution in [-0.2, 0) is 28.6 Å². The molecule has 0 bridgehead atoms. The molecule has 0 saturated heterocycles. The lowest BCUT2D eigenvalue weighted by Gasteiger charge is -2.18. The van der Waals surface area contributed by atoms with Crippen molar-refractivity contribution in [1.82, 2.24) is 0 Å². The molecule has 0 aliphatic carbocycles. The zero-order valence-electron chi connectivity index (χ0n) is 40.4. The number of allylic oxidation sites excluding steroid dienone is 14. The minimum Gasteiger partial charge on any atom is -0.462 e. The normalized spacial score (nSPS) is 12.8. The summed E-state index contributed by atoms with van der Waals surface area (Å²) in [6.45, 7) is 6.41. The molecule has 0 aromatic carbocycles. The second-order valence-corrected chi connectivity index (χ2v) is 16.7. The Morgan fingerprint density at radius 3 is 1.11 bits per heavy atom. The summed E-state index contributed by atoms with van der Waals surface area (Å²) in [6.07, 6.45) is 64.3. The van der Waals surface area contributed by atoms with Gasteiger partial charge in [0.25, 0.3) is 0 Å². The minimum absolute atomic E-state index is 0.102. The van der Waals surface area contributed by atoms with E-state index in [1.807, 2.05) is 0 Å². The van der Waals surface area contributed by atoms with E-state index < -0.39 is 6.10 Å². The molecule has 0 unspecified atom stereocenters. The van der Waals surface area contributed by atoms with E-state index in [2.05, 4.69) is 106 Å². The van der Waals surface area contributed by atoms with Gasteiger partial charge in [-0.25, -0.2) is 0 Å². The van der Waals surface area contributed by atoms with Gasteiger partial charge in [-0.3, -0.25) is 14.4 Å². The first-order valence-corrected chi connectivity index (χ1v) is 25.6. The van der Waals surface area contributed by atoms with E-state index in [1.54, 1.807) is 0 Å². The largest absolute Gasteiger partial charge is 0.462 e. The SMILES string of the molecule is CC/C=C\C/C=C\C/C=C\C/C=C\C/C=C\CCCC(=O)OC[C@@H](COC(=O)CCCCCCC/C=C\CCCC)OC(=O)CCCCCCC/C=C\CCCCCCCCC. The van der Waals surface area contributed by atoms with E-state index in [0.717, 1.165) is 103 Å². The second kappa shape index (κ2) is 50.2. The number of hydrogen-bond acceptors (Lipinski definition) is 6. The van der Waals surface area contributed by atoms with Gasteiger partial charge in [-0.2, -0.15) is 0 Å². The Kier molecular flexibility index (Phi) is 47.5. The highest BCUT2D eigenvalue weighted by Crippen LogP contribution is 2.13. The average Bonchev–Trinajstić information content (AvgIpc) is 3.27. The Bertz CT molecular complexity index is 1220. The molecule has 0 aliphatic rings. The highest BCUT2D eigenvalue weighted by Gasteiger charge is 2.19. The third-order valence-corrected chi connectivity index (χ3v) is 10.6. The Balaban J connectivity index is 4.48. The minimum atomic E-state index is -0.806. The van der Waals surface area contributed by atoms with Crippen LogP contribution in [0.2, 0.25) is 0 Å². The van der Waals surface area contributed by atoms with Crippen molar-refractivity contribution in [3.05, 3.63) is 85.1 Å². The number of unbranched alkanes of at least 4 members (excludes halogenated alkanes) is 20. The molecule has 6 heteroatoms. The summed E-state index contributed by atoms with van der Waals surface area (Å²) in [6, 6.07) is 0. The molecule has 0 aliphatic heterocycles. The van der Waals surface area contributed by atoms with Crippen LogP contribution in [0.3, 0.4) is 0 Å². The summed E-state index contributed by atoms with van der Waals surface area (Å²) < 4.78 is 16.7. The van der Waals surface area contributed by atoms with Gasteiger partial charge in [0, 0.05) is 19.3 Å². The lowest BCUT2D eigenvalue weighted by molar-refractivity contribution is -0.167. The van der Waals surface area contributed by atoms with E-state index in [0.29, 0.717) is 19.3 Å². The molecule has 0 aromatic rings. The van der Waals surface area contributed by atoms with Gasteiger partial charge in [-0.15, -0.1) is 0 Å². The summed E-state index contributed by atoms with van der Waals surface area (Å²) >= 11 is 0. The second-order valence-electron chi connectivity index (χ2n) is 16.7. The van der Waals surface area contributed by atoms with Crippen molar-refractivity contribution < 1.29 is 28.6 Å². The smallest absolute Gasteiger partial charge is 0.306 e. The van der Waals surface area contributed by atoms with Crippen LogP contribution in [0.25, 0.3) is 0 Å². The first kappa shape index (κ1) is 58.6. The van der Waals surface area contributed by atoms with Gasteiger partial charge < -0.3 is 14.2 Å². The fraction of sp³-hybridized carbons (Fsp3) is 0.696. The molecule has 62 heavy (non-hydrogen) atoms. The molecular formula is C56H94O6. The molecule has 0 aromatic heterocycles. The Hall–Kier alpha value is -3.41. The molecule has 0 spiro atoms. The lowest BCUT2D eigenvalue weighted by atomic mass is 10.1. The summed E-state index contributed by atoms with van der Waals surface area (Å²) in [5.41, 5.74) is 0. The number of ether oxygens (including phenoxy) is 3. The topological polar surface area (TPSA) is 78.9 Å². The van der Waals surface area contributed by atoms with Gasteiger partial charge in [-0.05, 0) is 103 Å². The number of rotatable bonds is 45. The maximum atomic E-state index is 12.8. The van der Waals surface area contributed by atoms with Crippen LogP contribution in [0, 0.1) is 0 Å². The molecule has 6 nitrogen and oxygen atoms in total. The van der Waals surface area contributed by atoms with Gasteiger partial charge >= 0.3 is 17.9 Å². The third-order valence-electron chi connectivity index (χ3n) is 10.6. The van der Waals surface area contributed by atoms with Crippen LogP contribution in [0.15, 0.2) is 85.1 Å². The van der Waals surface area contributed by atoms with Crippen molar-refractivity contribution in [1.29, 1.82) is 0 Å². The zero-order chi connectivity index (χ0) is 45.1. The van der Waals surface area contributed by atoms with Gasteiger partial charge in [0.1, 0.15) is 13.2 Å². The highest BCUT2D eigenvalue weighted by atomic mass is 16.6. The number of esters is 3. The first-order chi connectivity index (χ1) is 30.5. The number of carbonyl (C=O) groups excluding carboxylic acids is 3. The van der Waals surface area contributed by atoms with Gasteiger partial charge in [0.2, 0.25) is 0 Å². The molecular weight excluding hydrogens is 769 g/mol. The van der Waals surface area contributed by atoms with Gasteiger partial charge in [0.15, 0.2) is 6.10 Å². The van der Waals surface area contributed by atoms with E-state index >= 15 is 0 Å². The Labute approximate surface area is 382 Å². The summed E-state index contributed by atoms with van der Waals surface area (Å²) in [5, 5.41) is 0. The number of hydrogen-bond donors (Lipinski definition) is 0. The standard InChI is InChI=1S/C56H94O6/c1-4-7-10-13-16-19-22-24-26-28-30-31-34-37-40-43-46-49-55(58)61-52-53(51-60-54(57)48-45-42-39-36-33-21-18-15-12-9-6-3)62-56(59)50-47-44-41-38-35-32-29-27-25-23-20-17-14-11-8-5-2/h7,10,15-16,18-19,24,26-27,29-31,37,40,53H,4-6,8-9,11-14,17,20-23,25,28,32-36,38-39,41-52H2,1-3H3/b10-7-,18-15-,19-16-,26-24-,29-27-,31-30-,40-37-/t53-/m1/s1. The molecule has 0 saturated carbocycles. The molecule has 354 valence electrons. The molecule has 0 rings (SSSR count). The summed E-state index contributed by atoms with van der Waals surface area (Å²) in [7, 11) is 0. The van der Waals surface area contributed by atoms with Crippen LogP contribution < -0.4 is 0 Å². The summed E-state index contributed by atoms with van der Waals surface area (Å²) in [4.78, 5) is 37.9. The van der Waals surface area contributed by atoms with Crippen LogP contribution in [0.5, 0.6) is 0 Å². The van der Waals surface area contributed by atoms with Crippen molar-refractivity contribution in [3.63, 3.8) is 0 Å². The van der Waals surface area contributed by atoms with Crippen molar-refractivity contribution in [3.8, 4) is 0 Å². The third kappa shape index (κ3) is 47.6. The average molecular weight is 863 g/mol. The van der Waals surface area contributed by atoms with Crippen molar-refractivity contribution >= 4 is 17.9 Å². The van der Waals surface area contributed by atoms with Gasteiger partial charge in [0.05, 0.1) is 0 Å². The molecule has 0 radical (unpaired) electrons. The van der Waals surface area contributed by atoms with Crippen molar-refractivity contribution in [2.24, 2.45) is 0 Å². The summed E-state index contributed by atoms with van der Waals surface area (Å²) in [5.74, 6) is -0.983. The number of carbonyl (C=O) groups is 3. The quantitative estimate of drug-likeness (QED) is 0.0263. The molecule has 1 atom stereocenters. The monoisotopic (exact) mass is 863 g/mol. The predicted octanol–water partition coefficient (Wildman–Crippen LogP) is 16.8. The maximum Gasteiger partial charge on any atom is 0.306 e. The first-order valence-electron chi connectivity index (χ1n) is 25.6. The lowest BCUT2D eigenvalue weighted by Crippen LogP contribution is -2.30. The van der Waals surface area contributed by atoms with Crippen LogP contribution in [0.1, 0.15) is 233 Å². The predicted molar refractivity (Wildman–Crippen MR) is 265 cm³/mol. The molecule has 0 amide bonds. The van der Waals surface area contributed by atoms with Crippen molar-refractivity contribution in [2.75, 3.05) is 13.2 Å². The Morgan fingerprint density at radius 1 is 0.339 bits per heavy atom. The van der Waals surface area contributed by atoms with Gasteiger partial charge in [-0.1, -0.05) is 196 Å². The van der Waals surface area contributed by atoms with Crippen LogP contribution in [0.4, 0.5) is 0 Å². The molecule has 0 heterocycles. The fourth-order valence-corrected chi connectivity index (χ4v) is 6.75. The van der Waals surface area contributed by atoms with E-state index in [9.17, 15) is 14.4 Å². The van der Waals surface area contributed by atoms with Crippen molar-refractivity contribution in [2.45, 2.75) is 239 Å². The molecule has 0 N–H and O–H groups in total. The highest BCUT2D eigenvalue weighted by molar-refractivity contribution is 5.71. The van der Waals surface area contributed by atoms with Crippen LogP contribution in [-0.4, -0.2) is 37.2 Å². The molecule has 0 fully saturated rings. The zero-order valence-corrected chi connectivity index (χ0v) is 40.4. The van der Waals surface area contributed by atoms with E-state index in [-0.39, 0.29) is 37.5 Å².